The van der Waals surface area contributed by atoms with E-state index in [0.717, 1.165) is 22.2 Å². The highest BCUT2D eigenvalue weighted by Gasteiger charge is 2.16. The first-order valence-electron chi connectivity index (χ1n) is 10.7. The van der Waals surface area contributed by atoms with Gasteiger partial charge in [-0.25, -0.2) is 14.2 Å². The molecule has 0 bridgehead atoms. The molecular weight excluding hydrogens is 434 g/mol. The average Bonchev–Trinajstić information content (AvgIpc) is 3.15. The van der Waals surface area contributed by atoms with Crippen molar-refractivity contribution in [2.24, 2.45) is 0 Å². The Balaban J connectivity index is 1.56. The van der Waals surface area contributed by atoms with Crippen LogP contribution >= 0.6 is 11.6 Å². The highest BCUT2D eigenvalue weighted by molar-refractivity contribution is 6.31. The predicted octanol–water partition coefficient (Wildman–Crippen LogP) is 5.56. The number of halogens is 1. The Kier molecular flexibility index (Phi) is 4.98. The highest BCUT2D eigenvalue weighted by Crippen LogP contribution is 2.28. The predicted molar refractivity (Wildman–Crippen MR) is 134 cm³/mol. The topological polar surface area (TPSA) is 55.4 Å². The number of fused-ring (bicyclic) bond motifs is 3. The average molecular weight is 458 g/mol. The molecule has 3 aromatic carbocycles. The van der Waals surface area contributed by atoms with E-state index < -0.39 is 0 Å². The minimum Gasteiger partial charge on any atom is -0.264 e. The number of hydrogen-bond donors (Lipinski definition) is 0. The van der Waals surface area contributed by atoms with Crippen molar-refractivity contribution in [1.29, 1.82) is 0 Å². The fourth-order valence-electron chi connectivity index (χ4n) is 3.94. The van der Waals surface area contributed by atoms with Crippen molar-refractivity contribution in [2.45, 2.75) is 26.2 Å². The van der Waals surface area contributed by atoms with E-state index >= 15 is 0 Å². The second-order valence-corrected chi connectivity index (χ2v) is 9.61. The van der Waals surface area contributed by atoms with Gasteiger partial charge in [0.1, 0.15) is 0 Å². The first kappa shape index (κ1) is 21.2. The van der Waals surface area contributed by atoms with Crippen molar-refractivity contribution in [3.8, 4) is 11.1 Å². The maximum atomic E-state index is 13.3. The monoisotopic (exact) mass is 457 g/mol. The zero-order valence-electron chi connectivity index (χ0n) is 19.0. The molecule has 0 fully saturated rings. The highest BCUT2D eigenvalue weighted by atomic mass is 35.5. The smallest absolute Gasteiger partial charge is 0.264 e. The van der Waals surface area contributed by atoms with Gasteiger partial charge in [-0.2, -0.15) is 0 Å². The van der Waals surface area contributed by atoms with Crippen LogP contribution < -0.4 is 10.7 Å². The Bertz CT molecular complexity index is 1540. The zero-order chi connectivity index (χ0) is 23.3. The minimum atomic E-state index is -0.312. The van der Waals surface area contributed by atoms with Gasteiger partial charge in [0.05, 0.1) is 11.2 Å². The number of rotatable bonds is 3. The van der Waals surface area contributed by atoms with E-state index in [1.54, 1.807) is 23.3 Å². The molecule has 0 aliphatic rings. The quantitative estimate of drug-likeness (QED) is 0.356. The SMILES string of the molecule is CN(c1cccc(-c2ccc(C(C)(C)C)cc2)c1)n1nc2ncc3ccc(Cl)cc3n2c1=O. The lowest BCUT2D eigenvalue weighted by Gasteiger charge is -2.20. The van der Waals surface area contributed by atoms with Gasteiger partial charge in [-0.05, 0) is 52.4 Å². The van der Waals surface area contributed by atoms with E-state index in [1.165, 1.54) is 14.8 Å². The summed E-state index contributed by atoms with van der Waals surface area (Å²) in [5.41, 5.74) is 4.76. The number of nitrogens with zero attached hydrogens (tertiary/aromatic N) is 5. The molecule has 166 valence electrons. The maximum absolute atomic E-state index is 13.3. The number of hydrogen-bond acceptors (Lipinski definition) is 4. The van der Waals surface area contributed by atoms with Gasteiger partial charge in [-0.3, -0.25) is 5.01 Å². The van der Waals surface area contributed by atoms with E-state index in [-0.39, 0.29) is 11.1 Å². The molecule has 2 heterocycles. The molecule has 7 heteroatoms. The molecule has 0 unspecified atom stereocenters. The second-order valence-electron chi connectivity index (χ2n) is 9.17. The molecule has 0 amide bonds. The van der Waals surface area contributed by atoms with Crippen LogP contribution in [0.4, 0.5) is 5.69 Å². The van der Waals surface area contributed by atoms with E-state index in [0.29, 0.717) is 16.3 Å². The number of benzene rings is 3. The Morgan fingerprint density at radius 3 is 2.42 bits per heavy atom. The van der Waals surface area contributed by atoms with Crippen molar-refractivity contribution >= 4 is 34.0 Å². The summed E-state index contributed by atoms with van der Waals surface area (Å²) >= 11 is 6.17. The fourth-order valence-corrected chi connectivity index (χ4v) is 4.11. The van der Waals surface area contributed by atoms with Gasteiger partial charge in [-0.1, -0.05) is 68.8 Å². The summed E-state index contributed by atoms with van der Waals surface area (Å²) in [6, 6.07) is 22.0. The first-order chi connectivity index (χ1) is 15.7. The van der Waals surface area contributed by atoms with Gasteiger partial charge < -0.3 is 0 Å². The van der Waals surface area contributed by atoms with Crippen molar-refractivity contribution in [1.82, 2.24) is 19.3 Å². The molecule has 0 saturated carbocycles. The van der Waals surface area contributed by atoms with Gasteiger partial charge in [-0.15, -0.1) is 9.89 Å². The van der Waals surface area contributed by atoms with Crippen LogP contribution in [0.3, 0.4) is 0 Å². The third kappa shape index (κ3) is 3.76. The van der Waals surface area contributed by atoms with Crippen LogP contribution in [0.15, 0.2) is 77.7 Å². The number of aromatic nitrogens is 4. The molecule has 5 rings (SSSR count). The zero-order valence-corrected chi connectivity index (χ0v) is 19.7. The van der Waals surface area contributed by atoms with E-state index in [1.807, 2.05) is 31.3 Å². The molecule has 2 aromatic heterocycles. The third-order valence-corrected chi connectivity index (χ3v) is 6.12. The normalized spacial score (nSPS) is 11.9. The summed E-state index contributed by atoms with van der Waals surface area (Å²) in [6.07, 6.45) is 1.69. The van der Waals surface area contributed by atoms with Crippen LogP contribution in [0, 0.1) is 0 Å². The van der Waals surface area contributed by atoms with Gasteiger partial charge >= 0.3 is 5.69 Å². The molecule has 0 saturated heterocycles. The standard InChI is InChI=1S/C26H24ClN5O/c1-26(2,3)20-11-8-17(9-12-20)18-6-5-7-22(14-18)30(4)32-25(33)31-23-15-21(27)13-10-19(23)16-28-24(31)29-32/h5-16H,1-4H3. The lowest BCUT2D eigenvalue weighted by molar-refractivity contribution is 0.590. The van der Waals surface area contributed by atoms with Crippen LogP contribution in [0.5, 0.6) is 0 Å². The summed E-state index contributed by atoms with van der Waals surface area (Å²) < 4.78 is 1.48. The Hall–Kier alpha value is -3.64. The summed E-state index contributed by atoms with van der Waals surface area (Å²) in [5, 5.41) is 7.54. The molecule has 0 radical (unpaired) electrons. The summed E-state index contributed by atoms with van der Waals surface area (Å²) in [5.74, 6) is 0.315. The Morgan fingerprint density at radius 1 is 0.939 bits per heavy atom. The van der Waals surface area contributed by atoms with Crippen molar-refractivity contribution < 1.29 is 0 Å². The van der Waals surface area contributed by atoms with Crippen LogP contribution in [0.1, 0.15) is 26.3 Å². The molecule has 0 aliphatic carbocycles. The van der Waals surface area contributed by atoms with E-state index in [9.17, 15) is 4.79 Å². The second kappa shape index (κ2) is 7.74. The molecule has 0 N–H and O–H groups in total. The molecule has 0 spiro atoms. The molecule has 5 aromatic rings. The van der Waals surface area contributed by atoms with Crippen molar-refractivity contribution in [2.75, 3.05) is 12.1 Å². The van der Waals surface area contributed by atoms with Crippen LogP contribution in [0.25, 0.3) is 27.8 Å². The molecule has 0 atom stereocenters. The minimum absolute atomic E-state index is 0.104. The van der Waals surface area contributed by atoms with Crippen LogP contribution in [0.2, 0.25) is 5.02 Å². The summed E-state index contributed by atoms with van der Waals surface area (Å²) in [7, 11) is 1.81. The van der Waals surface area contributed by atoms with E-state index in [2.05, 4.69) is 61.2 Å². The Labute approximate surface area is 196 Å². The lowest BCUT2D eigenvalue weighted by Crippen LogP contribution is -2.36. The Morgan fingerprint density at radius 2 is 1.70 bits per heavy atom. The van der Waals surface area contributed by atoms with E-state index in [4.69, 9.17) is 11.6 Å². The van der Waals surface area contributed by atoms with Gasteiger partial charge in [0.2, 0.25) is 0 Å². The maximum Gasteiger partial charge on any atom is 0.372 e. The molecule has 0 aliphatic heterocycles. The summed E-state index contributed by atoms with van der Waals surface area (Å²) in [6.45, 7) is 6.61. The van der Waals surface area contributed by atoms with Crippen molar-refractivity contribution in [3.63, 3.8) is 0 Å². The van der Waals surface area contributed by atoms with Crippen LogP contribution in [-0.2, 0) is 5.41 Å². The van der Waals surface area contributed by atoms with Gasteiger partial charge in [0, 0.05) is 23.7 Å². The fraction of sp³-hybridized carbons (Fsp3) is 0.192. The lowest BCUT2D eigenvalue weighted by atomic mass is 9.86. The van der Waals surface area contributed by atoms with Gasteiger partial charge in [0.15, 0.2) is 0 Å². The molecule has 33 heavy (non-hydrogen) atoms. The van der Waals surface area contributed by atoms with Gasteiger partial charge in [0.25, 0.3) is 5.78 Å². The largest absolute Gasteiger partial charge is 0.372 e. The van der Waals surface area contributed by atoms with Crippen molar-refractivity contribution in [3.05, 3.63) is 94.0 Å². The number of anilines is 1. The molecule has 6 nitrogen and oxygen atoms in total. The summed E-state index contributed by atoms with van der Waals surface area (Å²) in [4.78, 5) is 19.0. The van der Waals surface area contributed by atoms with Crippen LogP contribution in [-0.4, -0.2) is 26.3 Å². The third-order valence-electron chi connectivity index (χ3n) is 5.89. The first-order valence-corrected chi connectivity index (χ1v) is 11.1. The molecular formula is C26H24ClN5O.